The van der Waals surface area contributed by atoms with Gasteiger partial charge in [-0.05, 0) is 32.2 Å². The zero-order valence-electron chi connectivity index (χ0n) is 12.3. The fraction of sp³-hybridized carbons (Fsp3) is 0.786. The molecule has 0 radical (unpaired) electrons. The number of aliphatic hydroxyl groups is 1. The Balaban J connectivity index is 4.36. The molecule has 0 saturated heterocycles. The van der Waals surface area contributed by atoms with Gasteiger partial charge in [0.25, 0.3) is 0 Å². The van der Waals surface area contributed by atoms with Crippen molar-refractivity contribution in [2.24, 2.45) is 0 Å². The predicted octanol–water partition coefficient (Wildman–Crippen LogP) is 3.37. The molecule has 18 heavy (non-hydrogen) atoms. The van der Waals surface area contributed by atoms with Crippen molar-refractivity contribution >= 4 is 14.0 Å². The second-order valence-corrected chi connectivity index (χ2v) is 11.2. The van der Waals surface area contributed by atoms with E-state index in [2.05, 4.69) is 19.6 Å². The van der Waals surface area contributed by atoms with Crippen molar-refractivity contribution in [1.82, 2.24) is 0 Å². The maximum atomic E-state index is 11.8. The summed E-state index contributed by atoms with van der Waals surface area (Å²) >= 11 is 0. The second kappa shape index (κ2) is 9.33. The van der Waals surface area contributed by atoms with Crippen LogP contribution in [0.1, 0.15) is 32.6 Å². The number of aliphatic hydroxyl groups excluding tert-OH is 1. The normalized spacial score (nSPS) is 12.6. The fourth-order valence-electron chi connectivity index (χ4n) is 1.73. The lowest BCUT2D eigenvalue weighted by molar-refractivity contribution is -0.138. The Bertz CT molecular complexity index is 267. The van der Waals surface area contributed by atoms with Gasteiger partial charge in [0.05, 0.1) is 6.61 Å². The smallest absolute Gasteiger partial charge is 0.333 e. The number of rotatable bonds is 9. The molecule has 0 saturated carbocycles. The van der Waals surface area contributed by atoms with Crippen molar-refractivity contribution in [3.63, 3.8) is 0 Å². The van der Waals surface area contributed by atoms with Crippen molar-refractivity contribution in [2.45, 2.75) is 58.3 Å². The van der Waals surface area contributed by atoms with Gasteiger partial charge < -0.3 is 9.84 Å². The molecule has 0 amide bonds. The van der Waals surface area contributed by atoms with E-state index >= 15 is 0 Å². The summed E-state index contributed by atoms with van der Waals surface area (Å²) < 4.78 is 5.10. The maximum Gasteiger partial charge on any atom is 0.333 e. The average Bonchev–Trinajstić information content (AvgIpc) is 2.26. The van der Waals surface area contributed by atoms with Crippen LogP contribution < -0.4 is 0 Å². The lowest BCUT2D eigenvalue weighted by atomic mass is 10.1. The van der Waals surface area contributed by atoms with E-state index in [0.717, 1.165) is 37.3 Å². The van der Waals surface area contributed by atoms with E-state index < -0.39 is 8.07 Å². The van der Waals surface area contributed by atoms with Gasteiger partial charge in [0.1, 0.15) is 0 Å². The molecule has 0 unspecified atom stereocenters. The summed E-state index contributed by atoms with van der Waals surface area (Å²) in [4.78, 5) is 11.8. The largest absolute Gasteiger partial charge is 0.463 e. The van der Waals surface area contributed by atoms with Gasteiger partial charge in [0.2, 0.25) is 0 Å². The molecular formula is C14H28O3Si. The molecule has 0 atom stereocenters. The molecule has 106 valence electrons. The van der Waals surface area contributed by atoms with Gasteiger partial charge in [-0.2, -0.15) is 0 Å². The first kappa shape index (κ1) is 17.4. The van der Waals surface area contributed by atoms with Crippen molar-refractivity contribution in [3.05, 3.63) is 11.6 Å². The zero-order valence-corrected chi connectivity index (χ0v) is 13.3. The molecule has 0 aromatic heterocycles. The number of unbranched alkanes of at least 4 members (excludes halogenated alkanes) is 3. The van der Waals surface area contributed by atoms with Gasteiger partial charge in [-0.15, -0.1) is 0 Å². The quantitative estimate of drug-likeness (QED) is 0.303. The molecule has 0 aromatic carbocycles. The molecule has 0 bridgehead atoms. The number of esters is 1. The molecule has 1 N–H and O–H groups in total. The Morgan fingerprint density at radius 3 is 2.39 bits per heavy atom. The highest BCUT2D eigenvalue weighted by molar-refractivity contribution is 6.77. The first-order chi connectivity index (χ1) is 8.40. The molecule has 3 nitrogen and oxygen atoms in total. The van der Waals surface area contributed by atoms with Crippen LogP contribution in [-0.4, -0.2) is 32.4 Å². The molecular weight excluding hydrogens is 244 g/mol. The maximum absolute atomic E-state index is 11.8. The van der Waals surface area contributed by atoms with E-state index in [9.17, 15) is 4.79 Å². The highest BCUT2D eigenvalue weighted by Crippen LogP contribution is 2.19. The lowest BCUT2D eigenvalue weighted by Gasteiger charge is -2.17. The van der Waals surface area contributed by atoms with Gasteiger partial charge in [0.15, 0.2) is 0 Å². The third-order valence-electron chi connectivity index (χ3n) is 2.51. The van der Waals surface area contributed by atoms with E-state index in [1.54, 1.807) is 0 Å². The third kappa shape index (κ3) is 9.42. The van der Waals surface area contributed by atoms with Crippen LogP contribution in [0.3, 0.4) is 0 Å². The van der Waals surface area contributed by atoms with Gasteiger partial charge in [-0.3, -0.25) is 0 Å². The first-order valence-corrected chi connectivity index (χ1v) is 10.6. The summed E-state index contributed by atoms with van der Waals surface area (Å²) in [6.45, 7) is 9.30. The van der Waals surface area contributed by atoms with Gasteiger partial charge in [-0.1, -0.05) is 32.1 Å². The minimum atomic E-state index is -1.30. The second-order valence-electron chi connectivity index (χ2n) is 5.76. The molecule has 4 heteroatoms. The van der Waals surface area contributed by atoms with Gasteiger partial charge in [0, 0.05) is 20.3 Å². The summed E-state index contributed by atoms with van der Waals surface area (Å²) in [5.74, 6) is -0.151. The van der Waals surface area contributed by atoms with Crippen molar-refractivity contribution in [3.8, 4) is 0 Å². The van der Waals surface area contributed by atoms with E-state index in [1.807, 2.05) is 13.0 Å². The monoisotopic (exact) mass is 272 g/mol. The standard InChI is InChI=1S/C14H28O3Si/c1-5-17-14(16)13(12-18(2,3)4)10-8-6-7-9-11-15/h10,15H,5-9,11-12H2,1-4H3/b13-10+. The Hall–Kier alpha value is -0.613. The number of carbonyl (C=O) groups is 1. The van der Waals surface area contributed by atoms with Crippen molar-refractivity contribution in [2.75, 3.05) is 13.2 Å². The average molecular weight is 272 g/mol. The van der Waals surface area contributed by atoms with Crippen LogP contribution in [0.5, 0.6) is 0 Å². The molecule has 0 aromatic rings. The van der Waals surface area contributed by atoms with E-state index in [0.29, 0.717) is 6.61 Å². The van der Waals surface area contributed by atoms with Crippen LogP contribution in [0.2, 0.25) is 25.7 Å². The summed E-state index contributed by atoms with van der Waals surface area (Å²) in [6.07, 6.45) is 5.81. The van der Waals surface area contributed by atoms with Crippen LogP contribution in [0.15, 0.2) is 11.6 Å². The SMILES string of the molecule is CCOC(=O)/C(=C/CCCCCO)C[Si](C)(C)C. The lowest BCUT2D eigenvalue weighted by Crippen LogP contribution is -2.23. The van der Waals surface area contributed by atoms with Crippen LogP contribution in [0.4, 0.5) is 0 Å². The van der Waals surface area contributed by atoms with Gasteiger partial charge in [-0.25, -0.2) is 4.79 Å². The number of carbonyl (C=O) groups excluding carboxylic acids is 1. The Labute approximate surface area is 112 Å². The van der Waals surface area contributed by atoms with E-state index in [1.165, 1.54) is 0 Å². The molecule has 0 aliphatic rings. The van der Waals surface area contributed by atoms with E-state index in [4.69, 9.17) is 9.84 Å². The topological polar surface area (TPSA) is 46.5 Å². The van der Waals surface area contributed by atoms with Crippen LogP contribution >= 0.6 is 0 Å². The highest BCUT2D eigenvalue weighted by atomic mass is 28.3. The summed E-state index contributed by atoms with van der Waals surface area (Å²) in [7, 11) is -1.30. The highest BCUT2D eigenvalue weighted by Gasteiger charge is 2.20. The molecule has 0 rings (SSSR count). The van der Waals surface area contributed by atoms with Crippen molar-refractivity contribution in [1.29, 1.82) is 0 Å². The minimum Gasteiger partial charge on any atom is -0.463 e. The Morgan fingerprint density at radius 1 is 1.22 bits per heavy atom. The predicted molar refractivity (Wildman–Crippen MR) is 78.4 cm³/mol. The fourth-order valence-corrected chi connectivity index (χ4v) is 3.16. The number of hydrogen-bond donors (Lipinski definition) is 1. The number of hydrogen-bond acceptors (Lipinski definition) is 3. The number of ether oxygens (including phenoxy) is 1. The molecule has 0 fully saturated rings. The van der Waals surface area contributed by atoms with Crippen LogP contribution in [0, 0.1) is 0 Å². The summed E-state index contributed by atoms with van der Waals surface area (Å²) in [5, 5.41) is 8.70. The zero-order chi connectivity index (χ0) is 14.0. The molecule has 0 heterocycles. The van der Waals surface area contributed by atoms with E-state index in [-0.39, 0.29) is 12.6 Å². The van der Waals surface area contributed by atoms with Crippen molar-refractivity contribution < 1.29 is 14.6 Å². The molecule has 0 spiro atoms. The third-order valence-corrected chi connectivity index (χ3v) is 3.95. The van der Waals surface area contributed by atoms with Crippen LogP contribution in [-0.2, 0) is 9.53 Å². The summed E-state index contributed by atoms with van der Waals surface area (Å²) in [6, 6.07) is 0.881. The van der Waals surface area contributed by atoms with Crippen LogP contribution in [0.25, 0.3) is 0 Å². The Kier molecular flexibility index (Phi) is 9.02. The van der Waals surface area contributed by atoms with Gasteiger partial charge >= 0.3 is 5.97 Å². The minimum absolute atomic E-state index is 0.151. The Morgan fingerprint density at radius 2 is 1.89 bits per heavy atom. The summed E-state index contributed by atoms with van der Waals surface area (Å²) in [5.41, 5.74) is 0.847. The first-order valence-electron chi connectivity index (χ1n) is 6.87. The molecule has 0 aliphatic carbocycles. The number of allylic oxidation sites excluding steroid dienone is 1. The molecule has 0 aliphatic heterocycles.